The summed E-state index contributed by atoms with van der Waals surface area (Å²) in [5.41, 5.74) is 5.00. The fraction of sp³-hybridized carbons (Fsp3) is 0.0952. The van der Waals surface area contributed by atoms with Crippen molar-refractivity contribution >= 4 is 28.3 Å². The summed E-state index contributed by atoms with van der Waals surface area (Å²) in [7, 11) is 1.65. The number of methoxy groups -OCH3 is 1. The van der Waals surface area contributed by atoms with E-state index in [4.69, 9.17) is 10.6 Å². The molecule has 0 aliphatic rings. The van der Waals surface area contributed by atoms with Crippen LogP contribution >= 0.6 is 0 Å². The Hall–Kier alpha value is -3.11. The Bertz CT molecular complexity index is 918. The van der Waals surface area contributed by atoms with Gasteiger partial charge in [0.2, 0.25) is 5.91 Å². The smallest absolute Gasteiger partial charge is 0.238 e. The fourth-order valence-electron chi connectivity index (χ4n) is 2.89. The number of benzene rings is 3. The van der Waals surface area contributed by atoms with Crippen molar-refractivity contribution in [1.29, 1.82) is 0 Å². The van der Waals surface area contributed by atoms with E-state index in [1.54, 1.807) is 7.11 Å². The summed E-state index contributed by atoms with van der Waals surface area (Å²) < 4.78 is 5.55. The number of hydrazine groups is 1. The standard InChI is InChI=1S/C21H20N2O2/c1-25-20-12-11-16-9-5-6-10-18(16)19(20)13-17(14-21(24)23-22)15-7-3-2-4-8-15/h2-13H,14,22H2,1H3,(H,23,24). The molecular formula is C21H20N2O2. The van der Waals surface area contributed by atoms with Crippen LogP contribution < -0.4 is 16.0 Å². The van der Waals surface area contributed by atoms with Gasteiger partial charge < -0.3 is 4.74 Å². The zero-order chi connectivity index (χ0) is 17.6. The number of hydrogen-bond donors (Lipinski definition) is 2. The number of nitrogens with two attached hydrogens (primary N) is 1. The van der Waals surface area contributed by atoms with Crippen LogP contribution in [-0.4, -0.2) is 13.0 Å². The van der Waals surface area contributed by atoms with Gasteiger partial charge in [-0.3, -0.25) is 10.2 Å². The summed E-state index contributed by atoms with van der Waals surface area (Å²) >= 11 is 0. The summed E-state index contributed by atoms with van der Waals surface area (Å²) in [5.74, 6) is 5.81. The van der Waals surface area contributed by atoms with Crippen molar-refractivity contribution < 1.29 is 9.53 Å². The molecule has 0 unspecified atom stereocenters. The van der Waals surface area contributed by atoms with Crippen LogP contribution in [0.5, 0.6) is 5.75 Å². The number of amides is 1. The molecule has 0 bridgehead atoms. The van der Waals surface area contributed by atoms with Crippen molar-refractivity contribution in [2.75, 3.05) is 7.11 Å². The Morgan fingerprint density at radius 2 is 1.76 bits per heavy atom. The first-order valence-electron chi connectivity index (χ1n) is 8.04. The zero-order valence-electron chi connectivity index (χ0n) is 14.0. The zero-order valence-corrected chi connectivity index (χ0v) is 14.0. The summed E-state index contributed by atoms with van der Waals surface area (Å²) in [6, 6.07) is 21.9. The van der Waals surface area contributed by atoms with Gasteiger partial charge in [-0.1, -0.05) is 60.7 Å². The predicted octanol–water partition coefficient (Wildman–Crippen LogP) is 3.77. The Kier molecular flexibility index (Phi) is 5.11. The van der Waals surface area contributed by atoms with Gasteiger partial charge in [-0.25, -0.2) is 5.84 Å². The lowest BCUT2D eigenvalue weighted by atomic mass is 9.96. The number of carbonyl (C=O) groups is 1. The molecule has 0 fully saturated rings. The summed E-state index contributed by atoms with van der Waals surface area (Å²) in [6.07, 6.45) is 2.19. The highest BCUT2D eigenvalue weighted by molar-refractivity contribution is 6.01. The van der Waals surface area contributed by atoms with Gasteiger partial charge in [0.1, 0.15) is 5.75 Å². The number of fused-ring (bicyclic) bond motifs is 1. The van der Waals surface area contributed by atoms with E-state index in [-0.39, 0.29) is 12.3 Å². The van der Waals surface area contributed by atoms with Gasteiger partial charge in [-0.15, -0.1) is 0 Å². The largest absolute Gasteiger partial charge is 0.496 e. The minimum Gasteiger partial charge on any atom is -0.496 e. The third-order valence-corrected chi connectivity index (χ3v) is 4.13. The molecule has 4 heteroatoms. The van der Waals surface area contributed by atoms with Crippen molar-refractivity contribution in [3.8, 4) is 5.75 Å². The maximum atomic E-state index is 11.9. The van der Waals surface area contributed by atoms with Crippen LogP contribution in [0.25, 0.3) is 22.4 Å². The van der Waals surface area contributed by atoms with Crippen LogP contribution in [0.2, 0.25) is 0 Å². The number of rotatable bonds is 5. The van der Waals surface area contributed by atoms with Gasteiger partial charge in [0.15, 0.2) is 0 Å². The highest BCUT2D eigenvalue weighted by Crippen LogP contribution is 2.32. The summed E-state index contributed by atoms with van der Waals surface area (Å²) in [5, 5.41) is 2.19. The van der Waals surface area contributed by atoms with Gasteiger partial charge in [0.05, 0.1) is 13.5 Å². The monoisotopic (exact) mass is 332 g/mol. The minimum atomic E-state index is -0.241. The number of ether oxygens (including phenoxy) is 1. The average molecular weight is 332 g/mol. The van der Waals surface area contributed by atoms with Crippen LogP contribution in [0, 0.1) is 0 Å². The van der Waals surface area contributed by atoms with Gasteiger partial charge in [0, 0.05) is 5.56 Å². The topological polar surface area (TPSA) is 64.3 Å². The van der Waals surface area contributed by atoms with Crippen molar-refractivity contribution in [2.45, 2.75) is 6.42 Å². The Morgan fingerprint density at radius 3 is 2.48 bits per heavy atom. The molecular weight excluding hydrogens is 312 g/mol. The Balaban J connectivity index is 2.20. The van der Waals surface area contributed by atoms with Gasteiger partial charge in [0.25, 0.3) is 0 Å². The van der Waals surface area contributed by atoms with Crippen molar-refractivity contribution in [2.24, 2.45) is 5.84 Å². The number of nitrogens with one attached hydrogen (secondary N) is 1. The predicted molar refractivity (Wildman–Crippen MR) is 102 cm³/mol. The van der Waals surface area contributed by atoms with E-state index >= 15 is 0 Å². The molecule has 3 N–H and O–H groups in total. The quantitative estimate of drug-likeness (QED) is 0.323. The van der Waals surface area contributed by atoms with Gasteiger partial charge in [-0.2, -0.15) is 0 Å². The van der Waals surface area contributed by atoms with E-state index in [9.17, 15) is 4.79 Å². The molecule has 0 spiro atoms. The highest BCUT2D eigenvalue weighted by atomic mass is 16.5. The fourth-order valence-corrected chi connectivity index (χ4v) is 2.89. The summed E-state index contributed by atoms with van der Waals surface area (Å²) in [4.78, 5) is 11.9. The lowest BCUT2D eigenvalue weighted by Crippen LogP contribution is -2.29. The SMILES string of the molecule is COc1ccc2ccccc2c1C=C(CC(=O)NN)c1ccccc1. The van der Waals surface area contributed by atoms with Crippen LogP contribution in [0.15, 0.2) is 66.7 Å². The van der Waals surface area contributed by atoms with E-state index in [1.165, 1.54) is 0 Å². The van der Waals surface area contributed by atoms with Crippen LogP contribution in [0.3, 0.4) is 0 Å². The first-order chi connectivity index (χ1) is 12.2. The van der Waals surface area contributed by atoms with Crippen molar-refractivity contribution in [1.82, 2.24) is 5.43 Å². The molecule has 0 saturated carbocycles. The molecule has 0 aliphatic carbocycles. The van der Waals surface area contributed by atoms with E-state index in [1.807, 2.05) is 60.7 Å². The second kappa shape index (κ2) is 7.64. The van der Waals surface area contributed by atoms with Gasteiger partial charge >= 0.3 is 0 Å². The molecule has 0 aliphatic heterocycles. The molecule has 25 heavy (non-hydrogen) atoms. The maximum Gasteiger partial charge on any atom is 0.238 e. The summed E-state index contributed by atoms with van der Waals surface area (Å²) in [6.45, 7) is 0. The molecule has 0 atom stereocenters. The third kappa shape index (κ3) is 3.70. The van der Waals surface area contributed by atoms with E-state index in [0.29, 0.717) is 0 Å². The molecule has 126 valence electrons. The molecule has 4 nitrogen and oxygen atoms in total. The Morgan fingerprint density at radius 1 is 1.04 bits per heavy atom. The van der Waals surface area contributed by atoms with Crippen molar-refractivity contribution in [3.63, 3.8) is 0 Å². The van der Waals surface area contributed by atoms with E-state index in [0.717, 1.165) is 33.2 Å². The lowest BCUT2D eigenvalue weighted by Gasteiger charge is -2.12. The first-order valence-corrected chi connectivity index (χ1v) is 8.04. The van der Waals surface area contributed by atoms with Gasteiger partial charge in [-0.05, 0) is 34.1 Å². The van der Waals surface area contributed by atoms with Crippen LogP contribution in [0.1, 0.15) is 17.5 Å². The molecule has 0 heterocycles. The van der Waals surface area contributed by atoms with Crippen LogP contribution in [-0.2, 0) is 4.79 Å². The second-order valence-electron chi connectivity index (χ2n) is 5.68. The molecule has 0 saturated heterocycles. The Labute approximate surface area is 146 Å². The van der Waals surface area contributed by atoms with Crippen LogP contribution in [0.4, 0.5) is 0 Å². The maximum absolute atomic E-state index is 11.9. The van der Waals surface area contributed by atoms with E-state index in [2.05, 4.69) is 17.6 Å². The average Bonchev–Trinajstić information content (AvgIpc) is 2.68. The first kappa shape index (κ1) is 16.7. The molecule has 3 aromatic carbocycles. The third-order valence-electron chi connectivity index (χ3n) is 4.13. The number of hydrogen-bond acceptors (Lipinski definition) is 3. The van der Waals surface area contributed by atoms with Crippen molar-refractivity contribution in [3.05, 3.63) is 77.9 Å². The lowest BCUT2D eigenvalue weighted by molar-refractivity contribution is -0.120. The molecule has 3 aromatic rings. The highest BCUT2D eigenvalue weighted by Gasteiger charge is 2.11. The molecule has 0 aromatic heterocycles. The second-order valence-corrected chi connectivity index (χ2v) is 5.68. The molecule has 3 rings (SSSR count). The molecule has 1 amide bonds. The normalized spacial score (nSPS) is 11.4. The van der Waals surface area contributed by atoms with E-state index < -0.39 is 0 Å². The molecule has 0 radical (unpaired) electrons. The number of carbonyl (C=O) groups excluding carboxylic acids is 1. The minimum absolute atomic E-state index is 0.187.